The molecule has 1 N–H and O–H groups in total. The number of carbonyl (C=O) groups excluding carboxylic acids is 1. The Kier molecular flexibility index (Phi) is 5.35. The average molecular weight is 377 g/mol. The van der Waals surface area contributed by atoms with Gasteiger partial charge >= 0.3 is 0 Å². The minimum Gasteiger partial charge on any atom is -0.322 e. The van der Waals surface area contributed by atoms with E-state index < -0.39 is 16.4 Å². The fourth-order valence-corrected chi connectivity index (χ4v) is 2.88. The van der Waals surface area contributed by atoms with E-state index in [4.69, 9.17) is 0 Å². The summed E-state index contributed by atoms with van der Waals surface area (Å²) in [5.74, 6) is -0.493. The number of nitro groups is 1. The van der Waals surface area contributed by atoms with Crippen LogP contribution in [0.4, 0.5) is 11.4 Å². The highest BCUT2D eigenvalue weighted by Gasteiger charge is 2.14. The van der Waals surface area contributed by atoms with E-state index in [9.17, 15) is 19.7 Å². The summed E-state index contributed by atoms with van der Waals surface area (Å²) in [7, 11) is 0. The van der Waals surface area contributed by atoms with Crippen LogP contribution < -0.4 is 10.9 Å². The Morgan fingerprint density at radius 3 is 2.61 bits per heavy atom. The van der Waals surface area contributed by atoms with Crippen LogP contribution in [0.3, 0.4) is 0 Å². The SMILES string of the molecule is Cc1cccc(NC(=O)c2cccn(Cc3cccc([N+](=O)[O-])c3)c2=O)c1C. The van der Waals surface area contributed by atoms with E-state index in [1.54, 1.807) is 30.5 Å². The molecule has 0 atom stereocenters. The van der Waals surface area contributed by atoms with Crippen molar-refractivity contribution < 1.29 is 9.72 Å². The number of hydrogen-bond acceptors (Lipinski definition) is 4. The molecule has 0 saturated carbocycles. The van der Waals surface area contributed by atoms with Crippen molar-refractivity contribution in [1.82, 2.24) is 4.57 Å². The highest BCUT2D eigenvalue weighted by atomic mass is 16.6. The molecule has 28 heavy (non-hydrogen) atoms. The van der Waals surface area contributed by atoms with Crippen LogP contribution in [0.15, 0.2) is 65.6 Å². The lowest BCUT2D eigenvalue weighted by Crippen LogP contribution is -2.29. The first-order valence-corrected chi connectivity index (χ1v) is 8.67. The van der Waals surface area contributed by atoms with Gasteiger partial charge in [0.2, 0.25) is 0 Å². The molecule has 0 aliphatic rings. The minimum absolute atomic E-state index is 0.00818. The first-order valence-electron chi connectivity index (χ1n) is 8.67. The van der Waals surface area contributed by atoms with Gasteiger partial charge in [-0.3, -0.25) is 19.7 Å². The zero-order valence-electron chi connectivity index (χ0n) is 15.5. The summed E-state index contributed by atoms with van der Waals surface area (Å²) in [5, 5.41) is 13.7. The normalized spacial score (nSPS) is 10.5. The quantitative estimate of drug-likeness (QED) is 0.542. The van der Waals surface area contributed by atoms with Crippen molar-refractivity contribution in [2.45, 2.75) is 20.4 Å². The number of aryl methyl sites for hydroxylation is 1. The molecule has 0 spiro atoms. The van der Waals surface area contributed by atoms with Crippen LogP contribution in [0.5, 0.6) is 0 Å². The van der Waals surface area contributed by atoms with Crippen LogP contribution in [0.1, 0.15) is 27.0 Å². The van der Waals surface area contributed by atoms with E-state index in [1.807, 2.05) is 26.0 Å². The summed E-state index contributed by atoms with van der Waals surface area (Å²) in [6.45, 7) is 3.97. The van der Waals surface area contributed by atoms with Crippen LogP contribution in [-0.4, -0.2) is 15.4 Å². The van der Waals surface area contributed by atoms with E-state index in [2.05, 4.69) is 5.32 Å². The molecule has 0 aliphatic carbocycles. The van der Waals surface area contributed by atoms with E-state index in [0.29, 0.717) is 11.3 Å². The summed E-state index contributed by atoms with van der Waals surface area (Å²) in [6, 6.07) is 14.7. The number of carbonyl (C=O) groups is 1. The first-order chi connectivity index (χ1) is 13.4. The number of non-ortho nitro benzene ring substituents is 1. The Morgan fingerprint density at radius 2 is 1.86 bits per heavy atom. The monoisotopic (exact) mass is 377 g/mol. The molecule has 2 aromatic carbocycles. The number of rotatable bonds is 5. The summed E-state index contributed by atoms with van der Waals surface area (Å²) >= 11 is 0. The van der Waals surface area contributed by atoms with Gasteiger partial charge in [0, 0.05) is 24.0 Å². The Hall–Kier alpha value is -3.74. The van der Waals surface area contributed by atoms with Crippen LogP contribution in [0.25, 0.3) is 0 Å². The number of nitro benzene ring substituents is 1. The van der Waals surface area contributed by atoms with E-state index in [1.165, 1.54) is 22.8 Å². The number of anilines is 1. The lowest BCUT2D eigenvalue weighted by atomic mass is 10.1. The third kappa shape index (κ3) is 3.98. The molecule has 7 heteroatoms. The second-order valence-corrected chi connectivity index (χ2v) is 6.48. The largest absolute Gasteiger partial charge is 0.322 e. The molecule has 0 saturated heterocycles. The van der Waals surface area contributed by atoms with Gasteiger partial charge in [-0.1, -0.05) is 24.3 Å². The van der Waals surface area contributed by atoms with Crippen molar-refractivity contribution in [3.05, 3.63) is 104 Å². The molecule has 3 aromatic rings. The van der Waals surface area contributed by atoms with Crippen molar-refractivity contribution in [2.24, 2.45) is 0 Å². The zero-order chi connectivity index (χ0) is 20.3. The van der Waals surface area contributed by atoms with Gasteiger partial charge in [-0.25, -0.2) is 0 Å². The Labute approximate surface area is 161 Å². The predicted molar refractivity (Wildman–Crippen MR) is 107 cm³/mol. The minimum atomic E-state index is -0.493. The lowest BCUT2D eigenvalue weighted by molar-refractivity contribution is -0.384. The molecule has 0 radical (unpaired) electrons. The molecule has 3 rings (SSSR count). The molecule has 0 fully saturated rings. The third-order valence-electron chi connectivity index (χ3n) is 4.59. The second kappa shape index (κ2) is 7.87. The second-order valence-electron chi connectivity index (χ2n) is 6.48. The number of benzene rings is 2. The van der Waals surface area contributed by atoms with Crippen molar-refractivity contribution in [3.63, 3.8) is 0 Å². The molecule has 0 aliphatic heterocycles. The number of nitrogens with one attached hydrogen (secondary N) is 1. The maximum absolute atomic E-state index is 12.7. The molecule has 1 amide bonds. The molecule has 0 bridgehead atoms. The van der Waals surface area contributed by atoms with Crippen molar-refractivity contribution in [3.8, 4) is 0 Å². The number of hydrogen-bond donors (Lipinski definition) is 1. The number of pyridine rings is 1. The molecular formula is C21H19N3O4. The highest BCUT2D eigenvalue weighted by molar-refractivity contribution is 6.04. The van der Waals surface area contributed by atoms with Crippen LogP contribution >= 0.6 is 0 Å². The molecule has 1 aromatic heterocycles. The van der Waals surface area contributed by atoms with E-state index in [0.717, 1.165) is 11.1 Å². The molecule has 0 unspecified atom stereocenters. The molecule has 142 valence electrons. The van der Waals surface area contributed by atoms with E-state index in [-0.39, 0.29) is 17.8 Å². The lowest BCUT2D eigenvalue weighted by Gasteiger charge is -2.11. The van der Waals surface area contributed by atoms with Gasteiger partial charge in [0.15, 0.2) is 0 Å². The van der Waals surface area contributed by atoms with E-state index >= 15 is 0 Å². The number of aromatic nitrogens is 1. The number of nitrogens with zero attached hydrogens (tertiary/aromatic N) is 2. The fraction of sp³-hybridized carbons (Fsp3) is 0.143. The summed E-state index contributed by atoms with van der Waals surface area (Å²) in [6.07, 6.45) is 1.55. The zero-order valence-corrected chi connectivity index (χ0v) is 15.5. The van der Waals surface area contributed by atoms with Gasteiger partial charge in [-0.15, -0.1) is 0 Å². The predicted octanol–water partition coefficient (Wildman–Crippen LogP) is 3.67. The summed E-state index contributed by atoms with van der Waals surface area (Å²) in [4.78, 5) is 35.8. The standard InChI is InChI=1S/C21H19N3O4/c1-14-6-3-10-19(15(14)2)22-20(25)18-9-5-11-23(21(18)26)13-16-7-4-8-17(12-16)24(27)28/h3-12H,13H2,1-2H3,(H,22,25). The van der Waals surface area contributed by atoms with Gasteiger partial charge in [-0.2, -0.15) is 0 Å². The number of amides is 1. The average Bonchev–Trinajstić information content (AvgIpc) is 2.67. The Balaban J connectivity index is 1.88. The van der Waals surface area contributed by atoms with Crippen LogP contribution in [0, 0.1) is 24.0 Å². The molecule has 1 heterocycles. The van der Waals surface area contributed by atoms with Crippen molar-refractivity contribution >= 4 is 17.3 Å². The van der Waals surface area contributed by atoms with Crippen molar-refractivity contribution in [2.75, 3.05) is 5.32 Å². The summed E-state index contributed by atoms with van der Waals surface area (Å²) in [5.41, 5.74) is 2.72. The van der Waals surface area contributed by atoms with Crippen LogP contribution in [0.2, 0.25) is 0 Å². The van der Waals surface area contributed by atoms with Crippen molar-refractivity contribution in [1.29, 1.82) is 0 Å². The summed E-state index contributed by atoms with van der Waals surface area (Å²) < 4.78 is 1.36. The first kappa shape index (κ1) is 19.0. The van der Waals surface area contributed by atoms with Gasteiger partial charge in [0.1, 0.15) is 5.56 Å². The Morgan fingerprint density at radius 1 is 1.11 bits per heavy atom. The Bertz CT molecular complexity index is 1120. The maximum Gasteiger partial charge on any atom is 0.269 e. The maximum atomic E-state index is 12.7. The van der Waals surface area contributed by atoms with Crippen LogP contribution in [-0.2, 0) is 6.54 Å². The topological polar surface area (TPSA) is 94.2 Å². The molecule has 7 nitrogen and oxygen atoms in total. The third-order valence-corrected chi connectivity index (χ3v) is 4.59. The smallest absolute Gasteiger partial charge is 0.269 e. The highest BCUT2D eigenvalue weighted by Crippen LogP contribution is 2.18. The van der Waals surface area contributed by atoms with Gasteiger partial charge in [0.05, 0.1) is 11.5 Å². The van der Waals surface area contributed by atoms with Gasteiger partial charge < -0.3 is 9.88 Å². The van der Waals surface area contributed by atoms with Gasteiger partial charge in [0.25, 0.3) is 17.2 Å². The fourth-order valence-electron chi connectivity index (χ4n) is 2.88. The molecular weight excluding hydrogens is 358 g/mol. The van der Waals surface area contributed by atoms with Gasteiger partial charge in [-0.05, 0) is 48.7 Å².